The van der Waals surface area contributed by atoms with Crippen molar-refractivity contribution in [3.63, 3.8) is 0 Å². The number of rotatable bonds is 4. The van der Waals surface area contributed by atoms with Crippen molar-refractivity contribution in [1.29, 1.82) is 0 Å². The number of aromatic nitrogens is 2. The second-order valence-electron chi connectivity index (χ2n) is 3.51. The zero-order valence-corrected chi connectivity index (χ0v) is 7.95. The minimum atomic E-state index is 0.713. The second-order valence-corrected chi connectivity index (χ2v) is 3.51. The first-order valence-corrected chi connectivity index (χ1v) is 4.97. The van der Waals surface area contributed by atoms with Crippen LogP contribution in [0.4, 0.5) is 5.95 Å². The van der Waals surface area contributed by atoms with Crippen LogP contribution in [-0.2, 0) is 0 Å². The van der Waals surface area contributed by atoms with Crippen LogP contribution in [0.25, 0.3) is 0 Å². The smallest absolute Gasteiger partial charge is 0.222 e. The van der Waals surface area contributed by atoms with Crippen molar-refractivity contribution in [1.82, 2.24) is 9.97 Å². The monoisotopic (exact) mass is 177 g/mol. The van der Waals surface area contributed by atoms with E-state index >= 15 is 0 Å². The molecule has 1 aliphatic carbocycles. The third-order valence-electron chi connectivity index (χ3n) is 2.21. The molecule has 1 N–H and O–H groups in total. The lowest BCUT2D eigenvalue weighted by Gasteiger charge is -2.03. The Bertz CT molecular complexity index is 281. The van der Waals surface area contributed by atoms with Crippen LogP contribution in [0.3, 0.4) is 0 Å². The number of nitrogens with zero attached hydrogens (tertiary/aromatic N) is 2. The maximum atomic E-state index is 4.45. The van der Waals surface area contributed by atoms with Crippen LogP contribution in [0.15, 0.2) is 12.3 Å². The summed E-state index contributed by atoms with van der Waals surface area (Å²) in [6.45, 7) is 3.09. The first-order valence-electron chi connectivity index (χ1n) is 4.97. The number of hydrogen-bond donors (Lipinski definition) is 1. The highest BCUT2D eigenvalue weighted by Crippen LogP contribution is 2.38. The molecule has 1 aromatic heterocycles. The molecule has 70 valence electrons. The van der Waals surface area contributed by atoms with Crippen LogP contribution in [0.1, 0.15) is 37.8 Å². The molecule has 0 atom stereocenters. The van der Waals surface area contributed by atoms with Crippen molar-refractivity contribution < 1.29 is 0 Å². The highest BCUT2D eigenvalue weighted by atomic mass is 15.1. The summed E-state index contributed by atoms with van der Waals surface area (Å²) in [4.78, 5) is 8.61. The summed E-state index contributed by atoms with van der Waals surface area (Å²) in [7, 11) is 0. The van der Waals surface area contributed by atoms with E-state index in [9.17, 15) is 0 Å². The fourth-order valence-corrected chi connectivity index (χ4v) is 1.30. The van der Waals surface area contributed by atoms with Crippen molar-refractivity contribution in [2.75, 3.05) is 11.9 Å². The summed E-state index contributed by atoms with van der Waals surface area (Å²) in [5, 5.41) is 3.20. The lowest BCUT2D eigenvalue weighted by molar-refractivity contribution is 0.928. The third-order valence-corrected chi connectivity index (χ3v) is 2.21. The van der Waals surface area contributed by atoms with Gasteiger partial charge in [0.05, 0.1) is 0 Å². The Morgan fingerprint density at radius 3 is 3.08 bits per heavy atom. The van der Waals surface area contributed by atoms with Gasteiger partial charge in [-0.15, -0.1) is 0 Å². The largest absolute Gasteiger partial charge is 0.354 e. The van der Waals surface area contributed by atoms with E-state index in [0.717, 1.165) is 18.9 Å². The standard InChI is InChI=1S/C10H15N3/c1-2-6-11-10-12-7-5-9(13-10)8-3-4-8/h5,7-8H,2-4,6H2,1H3,(H,11,12,13). The second kappa shape index (κ2) is 3.73. The Morgan fingerprint density at radius 2 is 2.38 bits per heavy atom. The zero-order chi connectivity index (χ0) is 9.10. The zero-order valence-electron chi connectivity index (χ0n) is 7.95. The summed E-state index contributed by atoms with van der Waals surface area (Å²) < 4.78 is 0. The third kappa shape index (κ3) is 2.17. The van der Waals surface area contributed by atoms with Gasteiger partial charge in [-0.3, -0.25) is 0 Å². The van der Waals surface area contributed by atoms with E-state index < -0.39 is 0 Å². The van der Waals surface area contributed by atoms with Crippen molar-refractivity contribution in [2.24, 2.45) is 0 Å². The number of hydrogen-bond acceptors (Lipinski definition) is 3. The molecule has 1 saturated carbocycles. The van der Waals surface area contributed by atoms with Gasteiger partial charge in [0.15, 0.2) is 0 Å². The molecule has 2 rings (SSSR count). The summed E-state index contributed by atoms with van der Waals surface area (Å²) in [5.74, 6) is 1.50. The van der Waals surface area contributed by atoms with Gasteiger partial charge in [-0.2, -0.15) is 0 Å². The molecule has 0 bridgehead atoms. The number of anilines is 1. The van der Waals surface area contributed by atoms with E-state index in [2.05, 4.69) is 22.2 Å². The van der Waals surface area contributed by atoms with E-state index in [4.69, 9.17) is 0 Å². The van der Waals surface area contributed by atoms with Gasteiger partial charge in [0, 0.05) is 24.4 Å². The summed E-state index contributed by atoms with van der Waals surface area (Å²) in [6, 6.07) is 2.02. The van der Waals surface area contributed by atoms with Crippen molar-refractivity contribution >= 4 is 5.95 Å². The minimum Gasteiger partial charge on any atom is -0.354 e. The van der Waals surface area contributed by atoms with Crippen LogP contribution < -0.4 is 5.32 Å². The quantitative estimate of drug-likeness (QED) is 0.766. The maximum Gasteiger partial charge on any atom is 0.222 e. The highest BCUT2D eigenvalue weighted by molar-refractivity contribution is 5.27. The molecule has 13 heavy (non-hydrogen) atoms. The molecule has 3 nitrogen and oxygen atoms in total. The van der Waals surface area contributed by atoms with Crippen molar-refractivity contribution in [3.05, 3.63) is 18.0 Å². The van der Waals surface area contributed by atoms with Crippen LogP contribution in [-0.4, -0.2) is 16.5 Å². The Labute approximate surface area is 78.6 Å². The van der Waals surface area contributed by atoms with E-state index in [1.165, 1.54) is 18.5 Å². The first kappa shape index (κ1) is 8.48. The van der Waals surface area contributed by atoms with Gasteiger partial charge < -0.3 is 5.32 Å². The average Bonchev–Trinajstić information content (AvgIpc) is 2.98. The van der Waals surface area contributed by atoms with Crippen LogP contribution in [0, 0.1) is 0 Å². The molecular weight excluding hydrogens is 162 g/mol. The predicted octanol–water partition coefficient (Wildman–Crippen LogP) is 2.18. The van der Waals surface area contributed by atoms with Crippen LogP contribution in [0.5, 0.6) is 0 Å². The Kier molecular flexibility index (Phi) is 2.43. The molecule has 0 radical (unpaired) electrons. The fraction of sp³-hybridized carbons (Fsp3) is 0.600. The lowest BCUT2D eigenvalue weighted by Crippen LogP contribution is -2.04. The minimum absolute atomic E-state index is 0.713. The molecule has 0 amide bonds. The van der Waals surface area contributed by atoms with Crippen molar-refractivity contribution in [3.8, 4) is 0 Å². The van der Waals surface area contributed by atoms with E-state index in [-0.39, 0.29) is 0 Å². The van der Waals surface area contributed by atoms with E-state index in [1.54, 1.807) is 0 Å². The van der Waals surface area contributed by atoms with Crippen LogP contribution in [0.2, 0.25) is 0 Å². The number of nitrogens with one attached hydrogen (secondary N) is 1. The Morgan fingerprint density at radius 1 is 1.54 bits per heavy atom. The predicted molar refractivity (Wildman–Crippen MR) is 52.8 cm³/mol. The van der Waals surface area contributed by atoms with E-state index in [1.807, 2.05) is 12.3 Å². The molecule has 1 aromatic rings. The highest BCUT2D eigenvalue weighted by Gasteiger charge is 2.24. The summed E-state index contributed by atoms with van der Waals surface area (Å²) in [5.41, 5.74) is 1.20. The van der Waals surface area contributed by atoms with Gasteiger partial charge in [-0.1, -0.05) is 6.92 Å². The van der Waals surface area contributed by atoms with Gasteiger partial charge in [-0.05, 0) is 25.3 Å². The molecule has 0 spiro atoms. The molecule has 1 heterocycles. The average molecular weight is 177 g/mol. The van der Waals surface area contributed by atoms with Gasteiger partial charge in [0.25, 0.3) is 0 Å². The van der Waals surface area contributed by atoms with Gasteiger partial charge in [-0.25, -0.2) is 9.97 Å². The molecule has 0 aliphatic heterocycles. The summed E-state index contributed by atoms with van der Waals surface area (Å²) in [6.07, 6.45) is 5.55. The maximum absolute atomic E-state index is 4.45. The molecular formula is C10H15N3. The van der Waals surface area contributed by atoms with Gasteiger partial charge in [0.2, 0.25) is 5.95 Å². The molecule has 0 aromatic carbocycles. The molecule has 0 saturated heterocycles. The molecule has 3 heteroatoms. The SMILES string of the molecule is CCCNc1nccc(C2CC2)n1. The van der Waals surface area contributed by atoms with Gasteiger partial charge in [0.1, 0.15) is 0 Å². The van der Waals surface area contributed by atoms with Crippen molar-refractivity contribution in [2.45, 2.75) is 32.1 Å². The van der Waals surface area contributed by atoms with E-state index in [0.29, 0.717) is 5.92 Å². The normalized spacial score (nSPS) is 15.8. The fourth-order valence-electron chi connectivity index (χ4n) is 1.30. The summed E-state index contributed by atoms with van der Waals surface area (Å²) >= 11 is 0. The first-order chi connectivity index (χ1) is 6.40. The Balaban J connectivity index is 2.03. The van der Waals surface area contributed by atoms with Crippen LogP contribution >= 0.6 is 0 Å². The van der Waals surface area contributed by atoms with Gasteiger partial charge >= 0.3 is 0 Å². The lowest BCUT2D eigenvalue weighted by atomic mass is 10.3. The topological polar surface area (TPSA) is 37.8 Å². The Hall–Kier alpha value is -1.12. The molecule has 0 unspecified atom stereocenters. The molecule has 1 fully saturated rings. The molecule has 1 aliphatic rings.